The van der Waals surface area contributed by atoms with Crippen molar-refractivity contribution in [2.45, 2.75) is 19.8 Å². The quantitative estimate of drug-likeness (QED) is 0.171. The van der Waals surface area contributed by atoms with Gasteiger partial charge in [-0.2, -0.15) is 0 Å². The highest BCUT2D eigenvalue weighted by atomic mass is 32.1. The second kappa shape index (κ2) is 9.80. The number of unbranched alkanes of at least 4 members (excludes halogenated alkanes) is 1. The summed E-state index contributed by atoms with van der Waals surface area (Å²) in [6.45, 7) is 2.33. The van der Waals surface area contributed by atoms with Crippen LogP contribution in [0.25, 0.3) is 16.2 Å². The van der Waals surface area contributed by atoms with Gasteiger partial charge >= 0.3 is 5.97 Å². The van der Waals surface area contributed by atoms with E-state index >= 15 is 0 Å². The van der Waals surface area contributed by atoms with E-state index in [1.807, 2.05) is 31.2 Å². The molecule has 8 heteroatoms. The van der Waals surface area contributed by atoms with Gasteiger partial charge in [-0.15, -0.1) is 11.3 Å². The van der Waals surface area contributed by atoms with E-state index in [1.165, 1.54) is 35.6 Å². The fourth-order valence-electron chi connectivity index (χ4n) is 2.79. The number of anilines is 1. The van der Waals surface area contributed by atoms with E-state index in [4.69, 9.17) is 4.74 Å². The number of benzene rings is 2. The molecular formula is C22H20N2O5S. The molecule has 0 saturated heterocycles. The smallest absolute Gasteiger partial charge is 0.341 e. The van der Waals surface area contributed by atoms with Crippen LogP contribution >= 0.6 is 11.3 Å². The molecule has 0 aliphatic carbocycles. The van der Waals surface area contributed by atoms with Gasteiger partial charge in [0.25, 0.3) is 5.69 Å². The summed E-state index contributed by atoms with van der Waals surface area (Å²) in [5, 5.41) is 14.7. The molecule has 154 valence electrons. The summed E-state index contributed by atoms with van der Waals surface area (Å²) in [6.07, 6.45) is 4.43. The highest BCUT2D eigenvalue weighted by Crippen LogP contribution is 2.36. The van der Waals surface area contributed by atoms with Crippen LogP contribution in [0.15, 0.2) is 54.6 Å². The van der Waals surface area contributed by atoms with Gasteiger partial charge in [0.1, 0.15) is 10.6 Å². The summed E-state index contributed by atoms with van der Waals surface area (Å²) >= 11 is 1.29. The molecular weight excluding hydrogens is 404 g/mol. The Balaban J connectivity index is 1.81. The molecule has 3 aromatic rings. The van der Waals surface area contributed by atoms with Crippen molar-refractivity contribution < 1.29 is 19.2 Å². The van der Waals surface area contributed by atoms with E-state index in [1.54, 1.807) is 12.1 Å². The van der Waals surface area contributed by atoms with Crippen LogP contribution in [0.5, 0.6) is 0 Å². The Morgan fingerprint density at radius 1 is 1.20 bits per heavy atom. The van der Waals surface area contributed by atoms with Crippen molar-refractivity contribution in [2.75, 3.05) is 11.9 Å². The number of nitrogens with zero attached hydrogens (tertiary/aromatic N) is 1. The predicted molar refractivity (Wildman–Crippen MR) is 118 cm³/mol. The molecule has 0 fully saturated rings. The maximum absolute atomic E-state index is 12.6. The molecule has 2 aromatic carbocycles. The minimum atomic E-state index is -0.495. The van der Waals surface area contributed by atoms with Crippen LogP contribution in [0.1, 0.15) is 35.7 Å². The Kier molecular flexibility index (Phi) is 6.92. The van der Waals surface area contributed by atoms with Gasteiger partial charge in [0, 0.05) is 28.3 Å². The highest BCUT2D eigenvalue weighted by Gasteiger charge is 2.21. The van der Waals surface area contributed by atoms with Crippen molar-refractivity contribution in [2.24, 2.45) is 0 Å². The van der Waals surface area contributed by atoms with Gasteiger partial charge in [0.15, 0.2) is 0 Å². The number of hydrogen-bond acceptors (Lipinski definition) is 6. The minimum absolute atomic E-state index is 0.0563. The van der Waals surface area contributed by atoms with Gasteiger partial charge in [-0.25, -0.2) is 4.79 Å². The van der Waals surface area contributed by atoms with E-state index in [0.717, 1.165) is 22.9 Å². The van der Waals surface area contributed by atoms with Crippen LogP contribution in [0.2, 0.25) is 0 Å². The molecule has 1 N–H and O–H groups in total. The topological polar surface area (TPSA) is 98.5 Å². The minimum Gasteiger partial charge on any atom is -0.462 e. The number of rotatable bonds is 8. The van der Waals surface area contributed by atoms with Crippen LogP contribution in [0.4, 0.5) is 10.7 Å². The molecule has 1 heterocycles. The Bertz CT molecular complexity index is 1120. The van der Waals surface area contributed by atoms with Crippen LogP contribution in [0, 0.1) is 10.1 Å². The van der Waals surface area contributed by atoms with Gasteiger partial charge in [-0.3, -0.25) is 14.9 Å². The number of carbonyl (C=O) groups is 2. The predicted octanol–water partition coefficient (Wildman–Crippen LogP) is 5.42. The molecule has 30 heavy (non-hydrogen) atoms. The first kappa shape index (κ1) is 21.2. The van der Waals surface area contributed by atoms with E-state index in [0.29, 0.717) is 22.7 Å². The van der Waals surface area contributed by atoms with E-state index in [2.05, 4.69) is 5.32 Å². The maximum Gasteiger partial charge on any atom is 0.341 e. The highest BCUT2D eigenvalue weighted by molar-refractivity contribution is 7.23. The van der Waals surface area contributed by atoms with Gasteiger partial charge in [-0.05, 0) is 24.1 Å². The average Bonchev–Trinajstić information content (AvgIpc) is 3.10. The van der Waals surface area contributed by atoms with Gasteiger partial charge in [0.2, 0.25) is 5.91 Å². The maximum atomic E-state index is 12.6. The number of non-ortho nitro benzene ring substituents is 1. The van der Waals surface area contributed by atoms with Crippen molar-refractivity contribution in [3.63, 3.8) is 0 Å². The summed E-state index contributed by atoms with van der Waals surface area (Å²) in [5.74, 6) is -0.922. The fraction of sp³-hybridized carbons (Fsp3) is 0.182. The van der Waals surface area contributed by atoms with Gasteiger partial charge < -0.3 is 10.1 Å². The molecule has 0 bridgehead atoms. The molecule has 0 saturated carbocycles. The number of hydrogen-bond donors (Lipinski definition) is 1. The Labute approximate surface area is 177 Å². The number of ether oxygens (including phenoxy) is 1. The molecule has 1 aromatic heterocycles. The van der Waals surface area contributed by atoms with Crippen LogP contribution in [-0.2, 0) is 9.53 Å². The molecule has 0 radical (unpaired) electrons. The first-order valence-electron chi connectivity index (χ1n) is 9.41. The standard InChI is InChI=1S/C22H20N2O5S/c1-2-3-13-29-22(26)20-17-9-4-5-10-18(17)30-21(20)23-19(25)12-11-15-7-6-8-16(14-15)24(27)28/h4-12,14H,2-3,13H2,1H3,(H,23,25)/b12-11+. The van der Waals surface area contributed by atoms with Crippen molar-refractivity contribution in [3.05, 3.63) is 75.8 Å². The number of nitro benzene ring substituents is 1. The third-order valence-electron chi connectivity index (χ3n) is 4.28. The van der Waals surface area contributed by atoms with E-state index in [-0.39, 0.29) is 5.69 Å². The lowest BCUT2D eigenvalue weighted by molar-refractivity contribution is -0.384. The lowest BCUT2D eigenvalue weighted by Gasteiger charge is -2.06. The zero-order chi connectivity index (χ0) is 21.5. The first-order chi connectivity index (χ1) is 14.5. The zero-order valence-electron chi connectivity index (χ0n) is 16.3. The van der Waals surface area contributed by atoms with Crippen LogP contribution in [-0.4, -0.2) is 23.4 Å². The van der Waals surface area contributed by atoms with E-state index < -0.39 is 16.8 Å². The lowest BCUT2D eigenvalue weighted by atomic mass is 10.1. The molecule has 0 aliphatic heterocycles. The molecule has 0 aliphatic rings. The van der Waals surface area contributed by atoms with Crippen molar-refractivity contribution >= 4 is 50.1 Å². The largest absolute Gasteiger partial charge is 0.462 e. The second-order valence-electron chi connectivity index (χ2n) is 6.47. The number of carbonyl (C=O) groups excluding carboxylic acids is 2. The summed E-state index contributed by atoms with van der Waals surface area (Å²) in [5.41, 5.74) is 0.804. The third-order valence-corrected chi connectivity index (χ3v) is 5.36. The number of nitro groups is 1. The van der Waals surface area contributed by atoms with Gasteiger partial charge in [-0.1, -0.05) is 43.7 Å². The average molecular weight is 424 g/mol. The normalized spacial score (nSPS) is 11.0. The zero-order valence-corrected chi connectivity index (χ0v) is 17.1. The number of nitrogens with one attached hydrogen (secondary N) is 1. The molecule has 7 nitrogen and oxygen atoms in total. The van der Waals surface area contributed by atoms with Gasteiger partial charge in [0.05, 0.1) is 11.5 Å². The van der Waals surface area contributed by atoms with Crippen molar-refractivity contribution in [1.82, 2.24) is 0 Å². The molecule has 0 atom stereocenters. The summed E-state index contributed by atoms with van der Waals surface area (Å²) < 4.78 is 6.22. The van der Waals surface area contributed by atoms with Crippen LogP contribution < -0.4 is 5.32 Å². The Morgan fingerprint density at radius 3 is 2.77 bits per heavy atom. The summed E-state index contributed by atoms with van der Waals surface area (Å²) in [7, 11) is 0. The molecule has 0 unspecified atom stereocenters. The van der Waals surface area contributed by atoms with Crippen molar-refractivity contribution in [1.29, 1.82) is 0 Å². The first-order valence-corrected chi connectivity index (χ1v) is 10.2. The second-order valence-corrected chi connectivity index (χ2v) is 7.52. The SMILES string of the molecule is CCCCOC(=O)c1c(NC(=O)/C=C/c2cccc([N+](=O)[O-])c2)sc2ccccc12. The fourth-order valence-corrected chi connectivity index (χ4v) is 3.88. The molecule has 0 spiro atoms. The Morgan fingerprint density at radius 2 is 2.00 bits per heavy atom. The number of fused-ring (bicyclic) bond motifs is 1. The monoisotopic (exact) mass is 424 g/mol. The summed E-state index contributed by atoms with van der Waals surface area (Å²) in [4.78, 5) is 35.4. The van der Waals surface area contributed by atoms with Crippen LogP contribution in [0.3, 0.4) is 0 Å². The molecule has 1 amide bonds. The van der Waals surface area contributed by atoms with E-state index in [9.17, 15) is 19.7 Å². The molecule has 3 rings (SSSR count). The lowest BCUT2D eigenvalue weighted by Crippen LogP contribution is -2.12. The number of amides is 1. The summed E-state index contributed by atoms with van der Waals surface area (Å²) in [6, 6.07) is 13.3. The third kappa shape index (κ3) is 5.09. The number of thiophene rings is 1. The Hall–Kier alpha value is -3.52. The number of esters is 1. The van der Waals surface area contributed by atoms with Crippen molar-refractivity contribution in [3.8, 4) is 0 Å².